The summed E-state index contributed by atoms with van der Waals surface area (Å²) in [5, 5.41) is 2.75. The van der Waals surface area contributed by atoms with Gasteiger partial charge in [0.15, 0.2) is 0 Å². The van der Waals surface area contributed by atoms with E-state index in [-0.39, 0.29) is 26.7 Å². The number of morpholine rings is 1. The Morgan fingerprint density at radius 3 is 2.08 bits per heavy atom. The van der Waals surface area contributed by atoms with Gasteiger partial charge in [0.1, 0.15) is 0 Å². The summed E-state index contributed by atoms with van der Waals surface area (Å²) in [4.78, 5) is 13.1. The number of hydrogen-bond acceptors (Lipinski definition) is 6. The maximum atomic E-state index is 13.5. The lowest BCUT2D eigenvalue weighted by Gasteiger charge is -2.39. The third-order valence-corrected chi connectivity index (χ3v) is 11.6. The molecule has 2 saturated heterocycles. The van der Waals surface area contributed by atoms with E-state index in [1.807, 2.05) is 0 Å². The van der Waals surface area contributed by atoms with E-state index >= 15 is 0 Å². The van der Waals surface area contributed by atoms with Crippen LogP contribution in [0.1, 0.15) is 50.4 Å². The van der Waals surface area contributed by atoms with Gasteiger partial charge >= 0.3 is 0 Å². The molecule has 1 aliphatic carbocycles. The van der Waals surface area contributed by atoms with Crippen molar-refractivity contribution >= 4 is 31.6 Å². The van der Waals surface area contributed by atoms with Gasteiger partial charge in [-0.15, -0.1) is 0 Å². The van der Waals surface area contributed by atoms with Gasteiger partial charge in [0, 0.05) is 36.9 Å². The zero-order chi connectivity index (χ0) is 27.3. The number of rotatable bonds is 6. The number of carbonyl (C=O) groups is 1. The predicted octanol–water partition coefficient (Wildman–Crippen LogP) is 3.55. The Morgan fingerprint density at radius 1 is 0.868 bits per heavy atom. The van der Waals surface area contributed by atoms with Gasteiger partial charge in [0.05, 0.1) is 23.0 Å². The van der Waals surface area contributed by atoms with Gasteiger partial charge in [-0.1, -0.05) is 20.8 Å². The lowest BCUT2D eigenvalue weighted by molar-refractivity contribution is 0.0730. The molecule has 0 aromatic heterocycles. The van der Waals surface area contributed by atoms with Crippen LogP contribution in [0, 0.1) is 10.8 Å². The van der Waals surface area contributed by atoms with Crippen LogP contribution in [-0.2, 0) is 24.8 Å². The van der Waals surface area contributed by atoms with Crippen LogP contribution in [0.15, 0.2) is 58.3 Å². The van der Waals surface area contributed by atoms with Gasteiger partial charge in [-0.3, -0.25) is 4.79 Å². The summed E-state index contributed by atoms with van der Waals surface area (Å²) in [5.41, 5.74) is 0.834. The van der Waals surface area contributed by atoms with E-state index in [4.69, 9.17) is 4.74 Å². The van der Waals surface area contributed by atoms with Crippen LogP contribution in [0.2, 0.25) is 0 Å². The van der Waals surface area contributed by atoms with Crippen molar-refractivity contribution < 1.29 is 26.4 Å². The highest BCUT2D eigenvalue weighted by Gasteiger charge is 2.53. The SMILES string of the molecule is CC1(C)C[C@@H]2C[C@](C)(CN2S(=O)(=O)c2ccc(C(=O)Nc3ccc(S(=O)(=O)N4CCOCC4)cc3)cc2)C1. The molecule has 2 atom stereocenters. The molecule has 0 unspecified atom stereocenters. The quantitative estimate of drug-likeness (QED) is 0.577. The zero-order valence-electron chi connectivity index (χ0n) is 22.0. The van der Waals surface area contributed by atoms with Crippen molar-refractivity contribution in [2.45, 2.75) is 55.9 Å². The summed E-state index contributed by atoms with van der Waals surface area (Å²) < 4.78 is 60.8. The summed E-state index contributed by atoms with van der Waals surface area (Å²) in [7, 11) is -7.30. The summed E-state index contributed by atoms with van der Waals surface area (Å²) in [6, 6.07) is 12.0. The molecular formula is C27H35N3O6S2. The molecule has 0 spiro atoms. The molecule has 1 saturated carbocycles. The van der Waals surface area contributed by atoms with Crippen LogP contribution in [0.4, 0.5) is 5.69 Å². The Bertz CT molecular complexity index is 1420. The van der Waals surface area contributed by atoms with Gasteiger partial charge in [-0.25, -0.2) is 16.8 Å². The molecule has 5 rings (SSSR count). The summed E-state index contributed by atoms with van der Waals surface area (Å²) in [6.45, 7) is 8.45. The Hall–Kier alpha value is -2.31. The minimum absolute atomic E-state index is 0.00763. The van der Waals surface area contributed by atoms with Crippen molar-refractivity contribution in [3.05, 3.63) is 54.1 Å². The van der Waals surface area contributed by atoms with Crippen molar-refractivity contribution in [3.8, 4) is 0 Å². The molecule has 9 nitrogen and oxygen atoms in total. The third-order valence-electron chi connectivity index (χ3n) is 7.81. The molecule has 2 heterocycles. The average Bonchev–Trinajstić information content (AvgIpc) is 3.14. The second-order valence-corrected chi connectivity index (χ2v) is 15.6. The molecule has 2 aromatic carbocycles. The number of amides is 1. The van der Waals surface area contributed by atoms with Crippen LogP contribution in [0.25, 0.3) is 0 Å². The second kappa shape index (κ2) is 9.71. The molecular weight excluding hydrogens is 526 g/mol. The fourth-order valence-corrected chi connectivity index (χ4v) is 9.63. The maximum absolute atomic E-state index is 13.5. The van der Waals surface area contributed by atoms with E-state index in [0.717, 1.165) is 19.3 Å². The first-order chi connectivity index (χ1) is 17.8. The number of hydrogen-bond donors (Lipinski definition) is 1. The fourth-order valence-electron chi connectivity index (χ4n) is 6.45. The number of ether oxygens (including phenoxy) is 1. The van der Waals surface area contributed by atoms with Crippen LogP contribution in [0.5, 0.6) is 0 Å². The van der Waals surface area contributed by atoms with Crippen molar-refractivity contribution in [1.82, 2.24) is 8.61 Å². The van der Waals surface area contributed by atoms with Crippen molar-refractivity contribution in [2.24, 2.45) is 10.8 Å². The van der Waals surface area contributed by atoms with Crippen LogP contribution < -0.4 is 5.32 Å². The zero-order valence-corrected chi connectivity index (χ0v) is 23.6. The maximum Gasteiger partial charge on any atom is 0.255 e. The fraction of sp³-hybridized carbons (Fsp3) is 0.519. The molecule has 206 valence electrons. The number of anilines is 1. The molecule has 2 bridgehead atoms. The highest BCUT2D eigenvalue weighted by Crippen LogP contribution is 2.53. The van der Waals surface area contributed by atoms with E-state index in [9.17, 15) is 21.6 Å². The van der Waals surface area contributed by atoms with Gasteiger partial charge in [-0.2, -0.15) is 8.61 Å². The molecule has 0 radical (unpaired) electrons. The molecule has 11 heteroatoms. The first-order valence-corrected chi connectivity index (χ1v) is 15.8. The molecule has 1 amide bonds. The second-order valence-electron chi connectivity index (χ2n) is 11.8. The van der Waals surface area contributed by atoms with E-state index in [1.54, 1.807) is 4.31 Å². The van der Waals surface area contributed by atoms with Crippen LogP contribution >= 0.6 is 0 Å². The first kappa shape index (κ1) is 27.3. The van der Waals surface area contributed by atoms with Crippen molar-refractivity contribution in [2.75, 3.05) is 38.2 Å². The summed E-state index contributed by atoms with van der Waals surface area (Å²) >= 11 is 0. The first-order valence-electron chi connectivity index (χ1n) is 12.9. The number of carbonyl (C=O) groups excluding carboxylic acids is 1. The molecule has 2 aliphatic heterocycles. The number of fused-ring (bicyclic) bond motifs is 2. The van der Waals surface area contributed by atoms with Crippen LogP contribution in [-0.4, -0.2) is 70.2 Å². The molecule has 3 aliphatic rings. The van der Waals surface area contributed by atoms with Crippen molar-refractivity contribution in [3.63, 3.8) is 0 Å². The number of benzene rings is 2. The molecule has 38 heavy (non-hydrogen) atoms. The van der Waals surface area contributed by atoms with E-state index in [2.05, 4.69) is 26.1 Å². The summed E-state index contributed by atoms with van der Waals surface area (Å²) in [6.07, 6.45) is 2.72. The normalized spacial score (nSPS) is 26.2. The molecule has 2 aromatic rings. The van der Waals surface area contributed by atoms with Crippen LogP contribution in [0.3, 0.4) is 0 Å². The van der Waals surface area contributed by atoms with Gasteiger partial charge in [0.25, 0.3) is 5.91 Å². The van der Waals surface area contributed by atoms with Gasteiger partial charge in [0.2, 0.25) is 20.0 Å². The number of nitrogens with one attached hydrogen (secondary N) is 1. The minimum Gasteiger partial charge on any atom is -0.379 e. The van der Waals surface area contributed by atoms with E-state index in [0.29, 0.717) is 44.1 Å². The Morgan fingerprint density at radius 2 is 1.45 bits per heavy atom. The monoisotopic (exact) mass is 561 g/mol. The van der Waals surface area contributed by atoms with Gasteiger partial charge < -0.3 is 10.1 Å². The number of nitrogens with zero attached hydrogens (tertiary/aromatic N) is 2. The average molecular weight is 562 g/mol. The summed E-state index contributed by atoms with van der Waals surface area (Å²) in [5.74, 6) is -0.413. The topological polar surface area (TPSA) is 113 Å². The Labute approximate surface area is 225 Å². The smallest absolute Gasteiger partial charge is 0.255 e. The predicted molar refractivity (Wildman–Crippen MR) is 144 cm³/mol. The largest absolute Gasteiger partial charge is 0.379 e. The Balaban J connectivity index is 1.26. The number of sulfonamides is 2. The highest BCUT2D eigenvalue weighted by molar-refractivity contribution is 7.89. The standard InChI is InChI=1S/C27H35N3O6S2/c1-26(2)16-22-17-27(3,18-26)19-30(22)38(34,35)24-8-4-20(5-9-24)25(31)28-21-6-10-23(11-7-21)37(32,33)29-12-14-36-15-13-29/h4-11,22H,12-19H2,1-3H3,(H,28,31)/t22-,27+/m1/s1. The van der Waals surface area contributed by atoms with Gasteiger partial charge in [-0.05, 0) is 78.6 Å². The Kier molecular flexibility index (Phi) is 6.96. The molecule has 1 N–H and O–H groups in total. The van der Waals surface area contributed by atoms with E-state index < -0.39 is 26.0 Å². The highest BCUT2D eigenvalue weighted by atomic mass is 32.2. The lowest BCUT2D eigenvalue weighted by atomic mass is 9.65. The van der Waals surface area contributed by atoms with Crippen molar-refractivity contribution in [1.29, 1.82) is 0 Å². The molecule has 3 fully saturated rings. The minimum atomic E-state index is -3.68. The van der Waals surface area contributed by atoms with E-state index in [1.165, 1.54) is 52.8 Å². The third kappa shape index (κ3) is 5.27. The lowest BCUT2D eigenvalue weighted by Crippen LogP contribution is -2.40.